The van der Waals surface area contributed by atoms with Gasteiger partial charge in [0.2, 0.25) is 21.9 Å². The SMILES string of the molecule is CC(C)(C)CC(=O)Nc1ccc(-c2ccnc(Nc3ccc(S(=O)(=O)NCCO)cc3)n2)cc1. The number of aliphatic hydroxyl groups excluding tert-OH is 1. The average Bonchev–Trinajstić information content (AvgIpc) is 2.77. The van der Waals surface area contributed by atoms with Gasteiger partial charge in [-0.3, -0.25) is 4.79 Å². The molecule has 1 heterocycles. The summed E-state index contributed by atoms with van der Waals surface area (Å²) in [6.45, 7) is 5.73. The Bertz CT molecular complexity index is 1220. The third-order valence-electron chi connectivity index (χ3n) is 4.64. The van der Waals surface area contributed by atoms with E-state index in [0.717, 1.165) is 5.56 Å². The number of aliphatic hydroxyl groups is 1. The van der Waals surface area contributed by atoms with Crippen LogP contribution in [0.3, 0.4) is 0 Å². The molecule has 0 aliphatic carbocycles. The molecule has 1 aromatic heterocycles. The topological polar surface area (TPSA) is 133 Å². The van der Waals surface area contributed by atoms with Gasteiger partial charge in [-0.25, -0.2) is 23.1 Å². The summed E-state index contributed by atoms with van der Waals surface area (Å²) in [5.41, 5.74) is 2.80. The summed E-state index contributed by atoms with van der Waals surface area (Å²) in [6.07, 6.45) is 2.06. The number of aromatic nitrogens is 2. The number of carbonyl (C=O) groups excluding carboxylic acids is 1. The lowest BCUT2D eigenvalue weighted by Crippen LogP contribution is -2.26. The summed E-state index contributed by atoms with van der Waals surface area (Å²) in [5.74, 6) is 0.325. The van der Waals surface area contributed by atoms with Gasteiger partial charge >= 0.3 is 0 Å². The second-order valence-electron chi connectivity index (χ2n) is 8.90. The van der Waals surface area contributed by atoms with Gasteiger partial charge < -0.3 is 15.7 Å². The van der Waals surface area contributed by atoms with Crippen LogP contribution in [0.25, 0.3) is 11.3 Å². The van der Waals surface area contributed by atoms with Crippen LogP contribution in [-0.2, 0) is 14.8 Å². The molecular formula is C24H29N5O4S. The highest BCUT2D eigenvalue weighted by Crippen LogP contribution is 2.23. The number of hydrogen-bond acceptors (Lipinski definition) is 7. The smallest absolute Gasteiger partial charge is 0.240 e. The van der Waals surface area contributed by atoms with Gasteiger partial charge in [-0.05, 0) is 47.9 Å². The highest BCUT2D eigenvalue weighted by Gasteiger charge is 2.16. The van der Waals surface area contributed by atoms with Gasteiger partial charge in [0, 0.05) is 36.1 Å². The Balaban J connectivity index is 1.67. The van der Waals surface area contributed by atoms with E-state index in [9.17, 15) is 13.2 Å². The lowest BCUT2D eigenvalue weighted by atomic mass is 9.92. The molecule has 0 saturated carbocycles. The van der Waals surface area contributed by atoms with E-state index in [0.29, 0.717) is 29.4 Å². The van der Waals surface area contributed by atoms with Gasteiger partial charge in [0.05, 0.1) is 17.2 Å². The molecule has 0 saturated heterocycles. The molecule has 0 radical (unpaired) electrons. The van der Waals surface area contributed by atoms with Crippen LogP contribution in [0.1, 0.15) is 27.2 Å². The third-order valence-corrected chi connectivity index (χ3v) is 6.11. The minimum Gasteiger partial charge on any atom is -0.395 e. The minimum absolute atomic E-state index is 0.0308. The van der Waals surface area contributed by atoms with Gasteiger partial charge in [-0.1, -0.05) is 32.9 Å². The number of nitrogens with one attached hydrogen (secondary N) is 3. The van der Waals surface area contributed by atoms with Crippen molar-refractivity contribution in [3.63, 3.8) is 0 Å². The van der Waals surface area contributed by atoms with Crippen LogP contribution < -0.4 is 15.4 Å². The van der Waals surface area contributed by atoms with E-state index in [4.69, 9.17) is 5.11 Å². The summed E-state index contributed by atoms with van der Waals surface area (Å²) in [4.78, 5) is 21.0. The van der Waals surface area contributed by atoms with E-state index in [2.05, 4.69) is 25.3 Å². The number of hydrogen-bond donors (Lipinski definition) is 4. The average molecular weight is 484 g/mol. The molecule has 10 heteroatoms. The highest BCUT2D eigenvalue weighted by atomic mass is 32.2. The Morgan fingerprint density at radius 3 is 2.24 bits per heavy atom. The normalized spacial score (nSPS) is 11.8. The molecule has 3 aromatic rings. The highest BCUT2D eigenvalue weighted by molar-refractivity contribution is 7.89. The lowest BCUT2D eigenvalue weighted by molar-refractivity contribution is -0.117. The first-order valence-corrected chi connectivity index (χ1v) is 12.2. The number of benzene rings is 2. The molecule has 0 aliphatic rings. The Kier molecular flexibility index (Phi) is 7.98. The van der Waals surface area contributed by atoms with E-state index in [1.54, 1.807) is 24.4 Å². The van der Waals surface area contributed by atoms with E-state index < -0.39 is 10.0 Å². The van der Waals surface area contributed by atoms with Gasteiger partial charge in [0.1, 0.15) is 0 Å². The van der Waals surface area contributed by atoms with Crippen molar-refractivity contribution in [2.75, 3.05) is 23.8 Å². The monoisotopic (exact) mass is 483 g/mol. The van der Waals surface area contributed by atoms with Crippen molar-refractivity contribution < 1.29 is 18.3 Å². The molecule has 0 atom stereocenters. The first-order valence-electron chi connectivity index (χ1n) is 10.8. The van der Waals surface area contributed by atoms with Gasteiger partial charge in [0.25, 0.3) is 0 Å². The molecule has 9 nitrogen and oxygen atoms in total. The molecule has 34 heavy (non-hydrogen) atoms. The van der Waals surface area contributed by atoms with Crippen molar-refractivity contribution in [3.8, 4) is 11.3 Å². The van der Waals surface area contributed by atoms with E-state index in [1.165, 1.54) is 12.1 Å². The van der Waals surface area contributed by atoms with Crippen LogP contribution in [0, 0.1) is 5.41 Å². The van der Waals surface area contributed by atoms with Gasteiger partial charge in [-0.15, -0.1) is 0 Å². The van der Waals surface area contributed by atoms with Crippen LogP contribution in [-0.4, -0.2) is 42.6 Å². The fourth-order valence-corrected chi connectivity index (χ4v) is 4.12. The first kappa shape index (κ1) is 25.3. The predicted octanol–water partition coefficient (Wildman–Crippen LogP) is 3.53. The van der Waals surface area contributed by atoms with E-state index in [-0.39, 0.29) is 29.4 Å². The number of sulfonamides is 1. The zero-order valence-electron chi connectivity index (χ0n) is 19.4. The maximum Gasteiger partial charge on any atom is 0.240 e. The van der Waals surface area contributed by atoms with Crippen LogP contribution in [0.5, 0.6) is 0 Å². The molecule has 4 N–H and O–H groups in total. The van der Waals surface area contributed by atoms with Crippen LogP contribution in [0.15, 0.2) is 65.7 Å². The largest absolute Gasteiger partial charge is 0.395 e. The Hall–Kier alpha value is -3.34. The lowest BCUT2D eigenvalue weighted by Gasteiger charge is -2.17. The zero-order valence-corrected chi connectivity index (χ0v) is 20.2. The molecule has 180 valence electrons. The molecule has 0 unspecified atom stereocenters. The summed E-state index contributed by atoms with van der Waals surface area (Å²) >= 11 is 0. The fraction of sp³-hybridized carbons (Fsp3) is 0.292. The van der Waals surface area contributed by atoms with Crippen molar-refractivity contribution in [1.29, 1.82) is 0 Å². The fourth-order valence-electron chi connectivity index (χ4n) is 3.10. The molecule has 0 fully saturated rings. The second kappa shape index (κ2) is 10.7. The van der Waals surface area contributed by atoms with Crippen molar-refractivity contribution >= 4 is 33.3 Å². The van der Waals surface area contributed by atoms with Crippen molar-refractivity contribution in [2.24, 2.45) is 5.41 Å². The maximum absolute atomic E-state index is 12.1. The van der Waals surface area contributed by atoms with Crippen LogP contribution in [0.4, 0.5) is 17.3 Å². The quantitative estimate of drug-likeness (QED) is 0.366. The standard InChI is InChI=1S/C24H29N5O4S/c1-24(2,3)16-22(31)27-18-6-4-17(5-7-18)21-12-13-25-23(29-21)28-19-8-10-20(11-9-19)34(32,33)26-14-15-30/h4-13,26,30H,14-16H2,1-3H3,(H,27,31)(H,25,28,29). The second-order valence-corrected chi connectivity index (χ2v) is 10.7. The number of carbonyl (C=O) groups is 1. The van der Waals surface area contributed by atoms with Crippen LogP contribution >= 0.6 is 0 Å². The van der Waals surface area contributed by atoms with Crippen molar-refractivity contribution in [1.82, 2.24) is 14.7 Å². The van der Waals surface area contributed by atoms with Gasteiger partial charge in [0.15, 0.2) is 0 Å². The summed E-state index contributed by atoms with van der Waals surface area (Å²) in [6, 6.07) is 15.3. The van der Waals surface area contributed by atoms with Crippen molar-refractivity contribution in [2.45, 2.75) is 32.1 Å². The number of amides is 1. The summed E-state index contributed by atoms with van der Waals surface area (Å²) < 4.78 is 26.5. The molecule has 0 bridgehead atoms. The molecule has 1 amide bonds. The van der Waals surface area contributed by atoms with Crippen LogP contribution in [0.2, 0.25) is 0 Å². The number of nitrogens with zero attached hydrogens (tertiary/aromatic N) is 2. The first-order chi connectivity index (χ1) is 16.1. The maximum atomic E-state index is 12.1. The molecule has 2 aromatic carbocycles. The Labute approximate surface area is 199 Å². The minimum atomic E-state index is -3.67. The third kappa shape index (κ3) is 7.34. The number of anilines is 3. The van der Waals surface area contributed by atoms with Gasteiger partial charge in [-0.2, -0.15) is 0 Å². The molecule has 3 rings (SSSR count). The Morgan fingerprint density at radius 2 is 1.62 bits per heavy atom. The summed E-state index contributed by atoms with van der Waals surface area (Å²) in [5, 5.41) is 14.8. The van der Waals surface area contributed by atoms with E-state index >= 15 is 0 Å². The predicted molar refractivity (Wildman–Crippen MR) is 132 cm³/mol. The summed E-state index contributed by atoms with van der Waals surface area (Å²) in [7, 11) is -3.67. The van der Waals surface area contributed by atoms with Crippen molar-refractivity contribution in [3.05, 3.63) is 60.8 Å². The number of rotatable bonds is 9. The molecule has 0 aliphatic heterocycles. The van der Waals surface area contributed by atoms with E-state index in [1.807, 2.05) is 45.0 Å². The Morgan fingerprint density at radius 1 is 0.971 bits per heavy atom. The molecule has 0 spiro atoms. The molecular weight excluding hydrogens is 454 g/mol. The zero-order chi connectivity index (χ0) is 24.8.